The van der Waals surface area contributed by atoms with E-state index in [0.29, 0.717) is 6.54 Å². The molecule has 0 heterocycles. The van der Waals surface area contributed by atoms with Crippen LogP contribution in [0.25, 0.3) is 0 Å². The monoisotopic (exact) mass is 502 g/mol. The number of benzene rings is 2. The standard InChI is InChI=1S/C19H26N4O2S.HI/c1-20-19(23(3)14-17-7-5-4-6-8-17)22-13-16-9-11-18(12-10-16)15-26(24,25)21-2;/h4-12,21H,13-15H2,1-3H3,(H,20,22);1H. The Balaban J connectivity index is 0.00000364. The fourth-order valence-corrected chi connectivity index (χ4v) is 3.32. The molecule has 0 aromatic heterocycles. The zero-order chi connectivity index (χ0) is 19.0. The van der Waals surface area contributed by atoms with Crippen molar-refractivity contribution in [1.82, 2.24) is 14.9 Å². The number of guanidine groups is 1. The average Bonchev–Trinajstić information content (AvgIpc) is 2.64. The maximum absolute atomic E-state index is 11.6. The van der Waals surface area contributed by atoms with Crippen molar-refractivity contribution in [1.29, 1.82) is 0 Å². The zero-order valence-corrected chi connectivity index (χ0v) is 19.0. The van der Waals surface area contributed by atoms with Crippen LogP contribution in [0.5, 0.6) is 0 Å². The summed E-state index contributed by atoms with van der Waals surface area (Å²) in [7, 11) is 1.93. The molecule has 2 rings (SSSR count). The van der Waals surface area contributed by atoms with E-state index in [1.165, 1.54) is 12.6 Å². The van der Waals surface area contributed by atoms with Gasteiger partial charge in [0.2, 0.25) is 10.0 Å². The topological polar surface area (TPSA) is 73.8 Å². The van der Waals surface area contributed by atoms with E-state index in [9.17, 15) is 8.42 Å². The summed E-state index contributed by atoms with van der Waals surface area (Å²) in [4.78, 5) is 6.38. The van der Waals surface area contributed by atoms with E-state index in [1.807, 2.05) is 49.5 Å². The van der Waals surface area contributed by atoms with Crippen molar-refractivity contribution in [2.75, 3.05) is 21.1 Å². The number of hydrogen-bond acceptors (Lipinski definition) is 3. The molecule has 0 bridgehead atoms. The molecular weight excluding hydrogens is 475 g/mol. The molecule has 0 atom stereocenters. The van der Waals surface area contributed by atoms with Gasteiger partial charge in [0, 0.05) is 27.2 Å². The van der Waals surface area contributed by atoms with Crippen molar-refractivity contribution in [3.05, 3.63) is 71.3 Å². The molecule has 0 fully saturated rings. The molecular formula is C19H27IN4O2S. The zero-order valence-electron chi connectivity index (χ0n) is 15.8. The van der Waals surface area contributed by atoms with E-state index >= 15 is 0 Å². The first-order valence-corrected chi connectivity index (χ1v) is 10.0. The largest absolute Gasteiger partial charge is 0.352 e. The van der Waals surface area contributed by atoms with Gasteiger partial charge < -0.3 is 10.2 Å². The number of hydrogen-bond donors (Lipinski definition) is 2. The van der Waals surface area contributed by atoms with Gasteiger partial charge in [-0.2, -0.15) is 0 Å². The molecule has 148 valence electrons. The molecule has 6 nitrogen and oxygen atoms in total. The van der Waals surface area contributed by atoms with Gasteiger partial charge >= 0.3 is 0 Å². The highest BCUT2D eigenvalue weighted by Gasteiger charge is 2.09. The SMILES string of the molecule is CN=C(NCc1ccc(CS(=O)(=O)NC)cc1)N(C)Cc1ccccc1.I. The van der Waals surface area contributed by atoms with Crippen LogP contribution in [0.4, 0.5) is 0 Å². The van der Waals surface area contributed by atoms with Crippen molar-refractivity contribution in [3.63, 3.8) is 0 Å². The molecule has 2 aromatic carbocycles. The number of nitrogens with zero attached hydrogens (tertiary/aromatic N) is 2. The van der Waals surface area contributed by atoms with Crippen molar-refractivity contribution < 1.29 is 8.42 Å². The first kappa shape index (κ1) is 23.4. The van der Waals surface area contributed by atoms with Crippen LogP contribution in [0.1, 0.15) is 16.7 Å². The third-order valence-electron chi connectivity index (χ3n) is 3.98. The average molecular weight is 502 g/mol. The van der Waals surface area contributed by atoms with Gasteiger partial charge in [-0.3, -0.25) is 4.99 Å². The molecule has 0 radical (unpaired) electrons. The Morgan fingerprint density at radius 3 is 2.15 bits per heavy atom. The molecule has 27 heavy (non-hydrogen) atoms. The van der Waals surface area contributed by atoms with Crippen molar-refractivity contribution >= 4 is 40.0 Å². The third-order valence-corrected chi connectivity index (χ3v) is 5.31. The van der Waals surface area contributed by atoms with Crippen LogP contribution in [0.2, 0.25) is 0 Å². The first-order chi connectivity index (χ1) is 12.4. The number of sulfonamides is 1. The predicted molar refractivity (Wildman–Crippen MR) is 122 cm³/mol. The normalized spacial score (nSPS) is 11.6. The van der Waals surface area contributed by atoms with E-state index in [1.54, 1.807) is 7.05 Å². The Morgan fingerprint density at radius 2 is 1.59 bits per heavy atom. The molecule has 0 aliphatic rings. The fraction of sp³-hybridized carbons (Fsp3) is 0.316. The fourth-order valence-electron chi connectivity index (χ4n) is 2.54. The Labute approximate surface area is 179 Å². The van der Waals surface area contributed by atoms with Crippen LogP contribution in [-0.2, 0) is 28.9 Å². The first-order valence-electron chi connectivity index (χ1n) is 8.38. The lowest BCUT2D eigenvalue weighted by Crippen LogP contribution is -2.38. The highest BCUT2D eigenvalue weighted by atomic mass is 127. The lowest BCUT2D eigenvalue weighted by Gasteiger charge is -2.22. The van der Waals surface area contributed by atoms with E-state index in [2.05, 4.69) is 32.1 Å². The van der Waals surface area contributed by atoms with Crippen molar-refractivity contribution in [2.45, 2.75) is 18.8 Å². The molecule has 0 saturated heterocycles. The second-order valence-corrected chi connectivity index (χ2v) is 7.95. The van der Waals surface area contributed by atoms with Gasteiger partial charge in [0.15, 0.2) is 5.96 Å². The van der Waals surface area contributed by atoms with Crippen LogP contribution in [0.3, 0.4) is 0 Å². The molecule has 0 amide bonds. The number of nitrogens with one attached hydrogen (secondary N) is 2. The Bertz CT molecular complexity index is 825. The smallest absolute Gasteiger partial charge is 0.215 e. The van der Waals surface area contributed by atoms with Gasteiger partial charge in [0.25, 0.3) is 0 Å². The second kappa shape index (κ2) is 11.3. The van der Waals surface area contributed by atoms with Gasteiger partial charge in [-0.25, -0.2) is 13.1 Å². The molecule has 0 aliphatic carbocycles. The third kappa shape index (κ3) is 7.86. The predicted octanol–water partition coefficient (Wildman–Crippen LogP) is 2.56. The summed E-state index contributed by atoms with van der Waals surface area (Å²) in [6.45, 7) is 1.38. The number of aliphatic imine (C=N–C) groups is 1. The van der Waals surface area contributed by atoms with Crippen LogP contribution < -0.4 is 10.0 Å². The van der Waals surface area contributed by atoms with Crippen LogP contribution in [-0.4, -0.2) is 40.4 Å². The minimum absolute atomic E-state index is 0. The van der Waals surface area contributed by atoms with E-state index in [-0.39, 0.29) is 29.7 Å². The van der Waals surface area contributed by atoms with E-state index in [4.69, 9.17) is 0 Å². The minimum atomic E-state index is -3.25. The minimum Gasteiger partial charge on any atom is -0.352 e. The van der Waals surface area contributed by atoms with E-state index < -0.39 is 10.0 Å². The molecule has 2 N–H and O–H groups in total. The second-order valence-electron chi connectivity index (χ2n) is 6.02. The molecule has 8 heteroatoms. The lowest BCUT2D eigenvalue weighted by atomic mass is 10.1. The van der Waals surface area contributed by atoms with Gasteiger partial charge in [0.1, 0.15) is 0 Å². The van der Waals surface area contributed by atoms with Crippen LogP contribution >= 0.6 is 24.0 Å². The maximum Gasteiger partial charge on any atom is 0.215 e. The van der Waals surface area contributed by atoms with Gasteiger partial charge in [-0.1, -0.05) is 54.6 Å². The van der Waals surface area contributed by atoms with E-state index in [0.717, 1.165) is 23.6 Å². The van der Waals surface area contributed by atoms with Gasteiger partial charge in [0.05, 0.1) is 5.75 Å². The number of rotatable bonds is 7. The van der Waals surface area contributed by atoms with Crippen molar-refractivity contribution in [2.24, 2.45) is 4.99 Å². The highest BCUT2D eigenvalue weighted by Crippen LogP contribution is 2.08. The summed E-state index contributed by atoms with van der Waals surface area (Å²) in [6, 6.07) is 17.7. The lowest BCUT2D eigenvalue weighted by molar-refractivity contribution is 0.476. The Hall–Kier alpha value is -1.65. The molecule has 2 aromatic rings. The summed E-state index contributed by atoms with van der Waals surface area (Å²) >= 11 is 0. The summed E-state index contributed by atoms with van der Waals surface area (Å²) in [5.74, 6) is 0.786. The summed E-state index contributed by atoms with van der Waals surface area (Å²) in [6.07, 6.45) is 0. The summed E-state index contributed by atoms with van der Waals surface area (Å²) in [5.41, 5.74) is 3.03. The van der Waals surface area contributed by atoms with Crippen LogP contribution in [0, 0.1) is 0 Å². The summed E-state index contributed by atoms with van der Waals surface area (Å²) in [5, 5.41) is 3.33. The highest BCUT2D eigenvalue weighted by molar-refractivity contribution is 14.0. The number of halogens is 1. The van der Waals surface area contributed by atoms with Gasteiger partial charge in [-0.15, -0.1) is 24.0 Å². The molecule has 0 aliphatic heterocycles. The van der Waals surface area contributed by atoms with Gasteiger partial charge in [-0.05, 0) is 23.7 Å². The molecule has 0 unspecified atom stereocenters. The Morgan fingerprint density at radius 1 is 1.00 bits per heavy atom. The maximum atomic E-state index is 11.6. The molecule has 0 spiro atoms. The molecule has 0 saturated carbocycles. The quantitative estimate of drug-likeness (QED) is 0.347. The summed E-state index contributed by atoms with van der Waals surface area (Å²) < 4.78 is 25.5. The Kier molecular flexibility index (Phi) is 9.75. The van der Waals surface area contributed by atoms with Crippen LogP contribution in [0.15, 0.2) is 59.6 Å². The van der Waals surface area contributed by atoms with Crippen molar-refractivity contribution in [3.8, 4) is 0 Å².